The average Bonchev–Trinajstić information content (AvgIpc) is 2.65. The van der Waals surface area contributed by atoms with Crippen molar-refractivity contribution in [2.75, 3.05) is 18.0 Å². The molecule has 1 heterocycles. The molecule has 3 amide bonds. The van der Waals surface area contributed by atoms with Crippen LogP contribution in [0.3, 0.4) is 0 Å². The number of urea groups is 1. The number of terminal acetylenes is 1. The number of carbonyl (C=O) groups is 2. The van der Waals surface area contributed by atoms with Gasteiger partial charge in [-0.3, -0.25) is 4.79 Å². The zero-order valence-electron chi connectivity index (χ0n) is 10.6. The molecule has 5 nitrogen and oxygen atoms in total. The third-order valence-electron chi connectivity index (χ3n) is 2.65. The molecule has 1 saturated heterocycles. The number of hydrogen-bond donors (Lipinski definition) is 0. The van der Waals surface area contributed by atoms with Crippen LogP contribution < -0.4 is 9.64 Å². The van der Waals surface area contributed by atoms with Crippen molar-refractivity contribution >= 4 is 17.6 Å². The Morgan fingerprint density at radius 1 is 1.24 bits per heavy atom. The standard InChI is InChI=1S/C13H9F3N2O3/c1-2-7-17-8-11(19)18(12(17)20)9-3-5-10(6-4-9)21-13(14,15)16/h1,3-6H,7-8H2. The van der Waals surface area contributed by atoms with Crippen LogP contribution in [0.25, 0.3) is 0 Å². The van der Waals surface area contributed by atoms with Gasteiger partial charge in [0, 0.05) is 0 Å². The van der Waals surface area contributed by atoms with Crippen molar-refractivity contribution in [1.29, 1.82) is 0 Å². The number of nitrogens with zero attached hydrogens (tertiary/aromatic N) is 2. The summed E-state index contributed by atoms with van der Waals surface area (Å²) in [5.74, 6) is 1.31. The number of benzene rings is 1. The fourth-order valence-corrected chi connectivity index (χ4v) is 1.83. The summed E-state index contributed by atoms with van der Waals surface area (Å²) in [6.45, 7) is -0.180. The van der Waals surface area contributed by atoms with Crippen molar-refractivity contribution in [2.24, 2.45) is 0 Å². The monoisotopic (exact) mass is 298 g/mol. The molecule has 0 spiro atoms. The number of anilines is 1. The maximum absolute atomic E-state index is 12.0. The first-order valence-corrected chi connectivity index (χ1v) is 5.73. The molecule has 8 heteroatoms. The van der Waals surface area contributed by atoms with Gasteiger partial charge in [0.2, 0.25) is 0 Å². The zero-order chi connectivity index (χ0) is 15.6. The summed E-state index contributed by atoms with van der Waals surface area (Å²) in [7, 11) is 0. The molecular formula is C13H9F3N2O3. The number of alkyl halides is 3. The van der Waals surface area contributed by atoms with Gasteiger partial charge in [0.05, 0.1) is 12.2 Å². The molecule has 0 saturated carbocycles. The van der Waals surface area contributed by atoms with Crippen LogP contribution in [-0.2, 0) is 4.79 Å². The fraction of sp³-hybridized carbons (Fsp3) is 0.231. The minimum absolute atomic E-state index is 0.0175. The van der Waals surface area contributed by atoms with Crippen molar-refractivity contribution in [3.63, 3.8) is 0 Å². The Labute approximate surface area is 117 Å². The number of imide groups is 1. The quantitative estimate of drug-likeness (QED) is 0.633. The molecule has 0 unspecified atom stereocenters. The van der Waals surface area contributed by atoms with E-state index in [9.17, 15) is 22.8 Å². The van der Waals surface area contributed by atoms with Gasteiger partial charge in [-0.15, -0.1) is 19.6 Å². The number of hydrogen-bond acceptors (Lipinski definition) is 3. The van der Waals surface area contributed by atoms with E-state index in [2.05, 4.69) is 10.7 Å². The van der Waals surface area contributed by atoms with E-state index in [4.69, 9.17) is 6.42 Å². The summed E-state index contributed by atoms with van der Waals surface area (Å²) >= 11 is 0. The Morgan fingerprint density at radius 3 is 2.38 bits per heavy atom. The second-order valence-corrected chi connectivity index (χ2v) is 4.11. The summed E-state index contributed by atoms with van der Waals surface area (Å²) in [5.41, 5.74) is 0.152. The van der Waals surface area contributed by atoms with Gasteiger partial charge in [-0.25, -0.2) is 9.69 Å². The molecule has 1 aliphatic rings. The van der Waals surface area contributed by atoms with Crippen LogP contribution in [0.5, 0.6) is 5.75 Å². The fourth-order valence-electron chi connectivity index (χ4n) is 1.83. The molecule has 1 aromatic carbocycles. The topological polar surface area (TPSA) is 49.9 Å². The lowest BCUT2D eigenvalue weighted by Crippen LogP contribution is -2.33. The summed E-state index contributed by atoms with van der Waals surface area (Å²) in [5, 5.41) is 0. The molecule has 1 fully saturated rings. The predicted molar refractivity (Wildman–Crippen MR) is 66.4 cm³/mol. The highest BCUT2D eigenvalue weighted by atomic mass is 19.4. The molecule has 0 radical (unpaired) electrons. The molecule has 0 atom stereocenters. The van der Waals surface area contributed by atoms with Gasteiger partial charge in [0.1, 0.15) is 12.3 Å². The zero-order valence-corrected chi connectivity index (χ0v) is 10.6. The third-order valence-corrected chi connectivity index (χ3v) is 2.65. The maximum Gasteiger partial charge on any atom is 0.573 e. The van der Waals surface area contributed by atoms with E-state index in [0.717, 1.165) is 21.9 Å². The normalized spacial score (nSPS) is 15.3. The van der Waals surface area contributed by atoms with E-state index in [-0.39, 0.29) is 18.8 Å². The van der Waals surface area contributed by atoms with Crippen molar-refractivity contribution in [3.8, 4) is 18.1 Å². The molecule has 1 aromatic rings. The summed E-state index contributed by atoms with van der Waals surface area (Å²) in [6, 6.07) is 3.81. The van der Waals surface area contributed by atoms with E-state index >= 15 is 0 Å². The van der Waals surface area contributed by atoms with Gasteiger partial charge in [-0.05, 0) is 24.3 Å². The molecule has 0 aromatic heterocycles. The van der Waals surface area contributed by atoms with Crippen LogP contribution in [0.4, 0.5) is 23.7 Å². The highest BCUT2D eigenvalue weighted by molar-refractivity contribution is 6.19. The largest absolute Gasteiger partial charge is 0.573 e. The molecule has 110 valence electrons. The predicted octanol–water partition coefficient (Wildman–Crippen LogP) is 1.99. The van der Waals surface area contributed by atoms with Gasteiger partial charge >= 0.3 is 12.4 Å². The average molecular weight is 298 g/mol. The van der Waals surface area contributed by atoms with Gasteiger partial charge in [0.15, 0.2) is 0 Å². The number of amides is 3. The van der Waals surface area contributed by atoms with Crippen LogP contribution >= 0.6 is 0 Å². The van der Waals surface area contributed by atoms with E-state index in [1.54, 1.807) is 0 Å². The second-order valence-electron chi connectivity index (χ2n) is 4.11. The van der Waals surface area contributed by atoms with E-state index in [1.165, 1.54) is 12.1 Å². The van der Waals surface area contributed by atoms with Crippen LogP contribution in [0.2, 0.25) is 0 Å². The van der Waals surface area contributed by atoms with Gasteiger partial charge in [0.25, 0.3) is 5.91 Å². The van der Waals surface area contributed by atoms with Gasteiger partial charge in [-0.2, -0.15) is 0 Å². The van der Waals surface area contributed by atoms with Crippen molar-refractivity contribution < 1.29 is 27.5 Å². The van der Waals surface area contributed by atoms with E-state index in [1.807, 2.05) is 0 Å². The minimum atomic E-state index is -4.80. The van der Waals surface area contributed by atoms with Crippen molar-refractivity contribution in [1.82, 2.24) is 4.90 Å². The van der Waals surface area contributed by atoms with Crippen LogP contribution in [-0.4, -0.2) is 36.3 Å². The number of ether oxygens (including phenoxy) is 1. The van der Waals surface area contributed by atoms with Gasteiger partial charge < -0.3 is 9.64 Å². The summed E-state index contributed by atoms with van der Waals surface area (Å²) in [4.78, 5) is 25.7. The first kappa shape index (κ1) is 14.7. The Hall–Kier alpha value is -2.69. The van der Waals surface area contributed by atoms with E-state index in [0.29, 0.717) is 0 Å². The maximum atomic E-state index is 12.0. The summed E-state index contributed by atoms with van der Waals surface area (Å²) < 4.78 is 39.8. The Kier molecular flexibility index (Phi) is 3.76. The number of rotatable bonds is 3. The lowest BCUT2D eigenvalue weighted by Gasteiger charge is -2.16. The van der Waals surface area contributed by atoms with E-state index < -0.39 is 24.1 Å². The molecule has 0 aliphatic carbocycles. The Bertz CT molecular complexity index is 605. The first-order valence-electron chi connectivity index (χ1n) is 5.73. The molecular weight excluding hydrogens is 289 g/mol. The molecule has 1 aliphatic heterocycles. The second kappa shape index (κ2) is 5.36. The first-order chi connectivity index (χ1) is 9.81. The highest BCUT2D eigenvalue weighted by Gasteiger charge is 2.37. The Morgan fingerprint density at radius 2 is 1.86 bits per heavy atom. The lowest BCUT2D eigenvalue weighted by molar-refractivity contribution is -0.274. The Balaban J connectivity index is 2.17. The molecule has 0 bridgehead atoms. The highest BCUT2D eigenvalue weighted by Crippen LogP contribution is 2.27. The minimum Gasteiger partial charge on any atom is -0.406 e. The van der Waals surface area contributed by atoms with Crippen LogP contribution in [0, 0.1) is 12.3 Å². The molecule has 0 N–H and O–H groups in total. The third kappa shape index (κ3) is 3.25. The molecule has 21 heavy (non-hydrogen) atoms. The smallest absolute Gasteiger partial charge is 0.406 e. The van der Waals surface area contributed by atoms with Crippen LogP contribution in [0.1, 0.15) is 0 Å². The SMILES string of the molecule is C#CCN1CC(=O)N(c2ccc(OC(F)(F)F)cc2)C1=O. The molecule has 2 rings (SSSR count). The van der Waals surface area contributed by atoms with Crippen molar-refractivity contribution in [2.45, 2.75) is 6.36 Å². The summed E-state index contributed by atoms with van der Waals surface area (Å²) in [6.07, 6.45) is 0.281. The van der Waals surface area contributed by atoms with Crippen LogP contribution in [0.15, 0.2) is 24.3 Å². The lowest BCUT2D eigenvalue weighted by atomic mass is 10.3. The van der Waals surface area contributed by atoms with Gasteiger partial charge in [-0.1, -0.05) is 5.92 Å². The van der Waals surface area contributed by atoms with Crippen molar-refractivity contribution in [3.05, 3.63) is 24.3 Å². The number of halogens is 3. The number of carbonyl (C=O) groups excluding carboxylic acids is 2.